The molecule has 0 amide bonds. The van der Waals surface area contributed by atoms with Crippen molar-refractivity contribution >= 4 is 0 Å². The van der Waals surface area contributed by atoms with Crippen molar-refractivity contribution in [2.24, 2.45) is 5.41 Å². The maximum absolute atomic E-state index is 6.12. The van der Waals surface area contributed by atoms with Gasteiger partial charge in [0, 0.05) is 25.7 Å². The van der Waals surface area contributed by atoms with Crippen molar-refractivity contribution < 1.29 is 4.74 Å². The van der Waals surface area contributed by atoms with Gasteiger partial charge in [-0.3, -0.25) is 0 Å². The molecule has 1 aliphatic carbocycles. The van der Waals surface area contributed by atoms with E-state index in [1.54, 1.807) is 0 Å². The van der Waals surface area contributed by atoms with Crippen LogP contribution in [0.5, 0.6) is 0 Å². The highest BCUT2D eigenvalue weighted by atomic mass is 16.5. The molecule has 0 bridgehead atoms. The number of hydrogen-bond donors (Lipinski definition) is 1. The summed E-state index contributed by atoms with van der Waals surface area (Å²) in [6.07, 6.45) is 6.09. The highest BCUT2D eigenvalue weighted by molar-refractivity contribution is 4.84. The maximum Gasteiger partial charge on any atom is 0.0707 e. The number of likely N-dealkylation sites (N-methyl/N-ethyl adjacent to an activating group) is 1. The molecular weight excluding hydrogens is 224 g/mol. The second kappa shape index (κ2) is 5.89. The Bertz CT molecular complexity index is 258. The Kier molecular flexibility index (Phi) is 4.68. The first kappa shape index (κ1) is 14.3. The Balaban J connectivity index is 1.62. The van der Waals surface area contributed by atoms with Crippen LogP contribution in [-0.4, -0.2) is 49.8 Å². The van der Waals surface area contributed by atoms with Crippen LogP contribution in [0, 0.1) is 5.41 Å². The van der Waals surface area contributed by atoms with Crippen molar-refractivity contribution in [2.45, 2.75) is 64.7 Å². The molecule has 3 nitrogen and oxygen atoms in total. The van der Waals surface area contributed by atoms with Gasteiger partial charge in [-0.25, -0.2) is 0 Å². The van der Waals surface area contributed by atoms with Crippen LogP contribution >= 0.6 is 0 Å². The molecule has 1 saturated heterocycles. The van der Waals surface area contributed by atoms with E-state index in [2.05, 4.69) is 38.0 Å². The van der Waals surface area contributed by atoms with Crippen molar-refractivity contribution in [3.63, 3.8) is 0 Å². The molecule has 106 valence electrons. The van der Waals surface area contributed by atoms with E-state index in [9.17, 15) is 0 Å². The molecule has 1 saturated carbocycles. The molecule has 1 aliphatic heterocycles. The first-order chi connectivity index (χ1) is 8.42. The molecule has 0 spiro atoms. The molecule has 2 aliphatic rings. The van der Waals surface area contributed by atoms with Crippen molar-refractivity contribution in [3.8, 4) is 0 Å². The molecule has 0 aromatic carbocycles. The van der Waals surface area contributed by atoms with Crippen LogP contribution in [0.4, 0.5) is 0 Å². The summed E-state index contributed by atoms with van der Waals surface area (Å²) in [5.41, 5.74) is 0.375. The lowest BCUT2D eigenvalue weighted by Gasteiger charge is -2.28. The lowest BCUT2D eigenvalue weighted by molar-refractivity contribution is 0.0230. The van der Waals surface area contributed by atoms with Crippen molar-refractivity contribution in [1.82, 2.24) is 10.2 Å². The van der Waals surface area contributed by atoms with Gasteiger partial charge in [0.2, 0.25) is 0 Å². The van der Waals surface area contributed by atoms with E-state index in [0.29, 0.717) is 17.6 Å². The molecule has 1 heterocycles. The fourth-order valence-electron chi connectivity index (χ4n) is 2.87. The molecule has 2 fully saturated rings. The van der Waals surface area contributed by atoms with Gasteiger partial charge in [0.25, 0.3) is 0 Å². The monoisotopic (exact) mass is 254 g/mol. The average Bonchev–Trinajstić information content (AvgIpc) is 2.94. The minimum atomic E-state index is 0.375. The number of nitrogens with one attached hydrogen (secondary N) is 1. The first-order valence-electron chi connectivity index (χ1n) is 7.50. The fourth-order valence-corrected chi connectivity index (χ4v) is 2.87. The van der Waals surface area contributed by atoms with Gasteiger partial charge < -0.3 is 15.0 Å². The minimum absolute atomic E-state index is 0.375. The van der Waals surface area contributed by atoms with E-state index in [1.165, 1.54) is 25.7 Å². The molecule has 3 heteroatoms. The SMILES string of the molecule is CN(CC1CCC(CNC2CC2)O1)CC(C)(C)C. The van der Waals surface area contributed by atoms with Gasteiger partial charge in [-0.15, -0.1) is 0 Å². The van der Waals surface area contributed by atoms with Crippen LogP contribution in [0.2, 0.25) is 0 Å². The predicted octanol–water partition coefficient (Wildman–Crippen LogP) is 2.26. The number of ether oxygens (including phenoxy) is 1. The fraction of sp³-hybridized carbons (Fsp3) is 1.00. The number of hydrogen-bond acceptors (Lipinski definition) is 3. The molecule has 0 aromatic heterocycles. The Hall–Kier alpha value is -0.120. The Morgan fingerprint density at radius 2 is 1.78 bits per heavy atom. The van der Waals surface area contributed by atoms with E-state index < -0.39 is 0 Å². The summed E-state index contributed by atoms with van der Waals surface area (Å²) < 4.78 is 6.12. The van der Waals surface area contributed by atoms with Gasteiger partial charge in [0.15, 0.2) is 0 Å². The topological polar surface area (TPSA) is 24.5 Å². The first-order valence-corrected chi connectivity index (χ1v) is 7.50. The van der Waals surface area contributed by atoms with Gasteiger partial charge in [0.05, 0.1) is 12.2 Å². The summed E-state index contributed by atoms with van der Waals surface area (Å²) in [4.78, 5) is 2.42. The largest absolute Gasteiger partial charge is 0.372 e. The summed E-state index contributed by atoms with van der Waals surface area (Å²) in [6.45, 7) is 10.2. The van der Waals surface area contributed by atoms with E-state index in [1.807, 2.05) is 0 Å². The summed E-state index contributed by atoms with van der Waals surface area (Å²) in [5.74, 6) is 0. The standard InChI is InChI=1S/C15H30N2O/c1-15(2,3)11-17(4)10-14-8-7-13(18-14)9-16-12-5-6-12/h12-14,16H,5-11H2,1-4H3. The van der Waals surface area contributed by atoms with Gasteiger partial charge >= 0.3 is 0 Å². The molecule has 18 heavy (non-hydrogen) atoms. The van der Waals surface area contributed by atoms with Crippen LogP contribution < -0.4 is 5.32 Å². The van der Waals surface area contributed by atoms with Crippen molar-refractivity contribution in [1.29, 1.82) is 0 Å². The van der Waals surface area contributed by atoms with Gasteiger partial charge in [-0.05, 0) is 38.1 Å². The van der Waals surface area contributed by atoms with E-state index in [4.69, 9.17) is 4.74 Å². The Morgan fingerprint density at radius 3 is 2.39 bits per heavy atom. The molecule has 1 N–H and O–H groups in total. The van der Waals surface area contributed by atoms with Crippen LogP contribution in [-0.2, 0) is 4.74 Å². The highest BCUT2D eigenvalue weighted by Gasteiger charge is 2.29. The van der Waals surface area contributed by atoms with E-state index in [0.717, 1.165) is 25.7 Å². The number of nitrogens with zero attached hydrogens (tertiary/aromatic N) is 1. The second-order valence-corrected chi connectivity index (χ2v) is 7.40. The maximum atomic E-state index is 6.12. The molecule has 2 unspecified atom stereocenters. The zero-order chi connectivity index (χ0) is 13.2. The summed E-state index contributed by atoms with van der Waals surface area (Å²) >= 11 is 0. The third kappa shape index (κ3) is 5.25. The third-order valence-corrected chi connectivity index (χ3v) is 3.67. The van der Waals surface area contributed by atoms with Crippen LogP contribution in [0.3, 0.4) is 0 Å². The minimum Gasteiger partial charge on any atom is -0.372 e. The van der Waals surface area contributed by atoms with Gasteiger partial charge in [-0.1, -0.05) is 20.8 Å². The average molecular weight is 254 g/mol. The summed E-state index contributed by atoms with van der Waals surface area (Å²) in [5, 5.41) is 3.57. The second-order valence-electron chi connectivity index (χ2n) is 7.40. The predicted molar refractivity (Wildman–Crippen MR) is 75.9 cm³/mol. The van der Waals surface area contributed by atoms with Crippen LogP contribution in [0.15, 0.2) is 0 Å². The van der Waals surface area contributed by atoms with Crippen LogP contribution in [0.25, 0.3) is 0 Å². The normalized spacial score (nSPS) is 29.2. The molecule has 0 radical (unpaired) electrons. The van der Waals surface area contributed by atoms with Crippen LogP contribution in [0.1, 0.15) is 46.5 Å². The van der Waals surface area contributed by atoms with Crippen molar-refractivity contribution in [3.05, 3.63) is 0 Å². The van der Waals surface area contributed by atoms with E-state index >= 15 is 0 Å². The van der Waals surface area contributed by atoms with Gasteiger partial charge in [-0.2, -0.15) is 0 Å². The number of rotatable bonds is 6. The molecule has 0 aromatic rings. The Morgan fingerprint density at radius 1 is 1.11 bits per heavy atom. The lowest BCUT2D eigenvalue weighted by atomic mass is 9.96. The molecular formula is C15H30N2O. The zero-order valence-electron chi connectivity index (χ0n) is 12.5. The zero-order valence-corrected chi connectivity index (χ0v) is 12.5. The lowest BCUT2D eigenvalue weighted by Crippen LogP contribution is -2.36. The van der Waals surface area contributed by atoms with Gasteiger partial charge in [0.1, 0.15) is 0 Å². The molecule has 2 atom stereocenters. The van der Waals surface area contributed by atoms with E-state index in [-0.39, 0.29) is 0 Å². The van der Waals surface area contributed by atoms with Crippen molar-refractivity contribution in [2.75, 3.05) is 26.7 Å². The third-order valence-electron chi connectivity index (χ3n) is 3.67. The Labute approximate surface area is 112 Å². The summed E-state index contributed by atoms with van der Waals surface area (Å²) in [6, 6.07) is 0.802. The smallest absolute Gasteiger partial charge is 0.0707 e. The quantitative estimate of drug-likeness (QED) is 0.787. The highest BCUT2D eigenvalue weighted by Crippen LogP contribution is 2.23. The molecule has 2 rings (SSSR count). The summed E-state index contributed by atoms with van der Waals surface area (Å²) in [7, 11) is 2.21.